The molecular weight excluding hydrogens is 488 g/mol. The van der Waals surface area contributed by atoms with Crippen molar-refractivity contribution < 1.29 is 9.53 Å². The van der Waals surface area contributed by atoms with E-state index in [4.69, 9.17) is 15.5 Å². The lowest BCUT2D eigenvalue weighted by atomic mass is 10.1. The maximum Gasteiger partial charge on any atom is 0.404 e. The van der Waals surface area contributed by atoms with Gasteiger partial charge in [0.2, 0.25) is 5.95 Å². The normalized spacial score (nSPS) is 15.4. The molecule has 0 spiro atoms. The average Bonchev–Trinajstić information content (AvgIpc) is 3.28. The first-order chi connectivity index (χ1) is 18.3. The molecule has 1 saturated heterocycles. The van der Waals surface area contributed by atoms with E-state index in [1.165, 1.54) is 4.57 Å². The van der Waals surface area contributed by atoms with Crippen LogP contribution in [0.15, 0.2) is 33.9 Å². The molecule has 4 heterocycles. The quantitative estimate of drug-likeness (QED) is 0.391. The number of nitrogens with zero attached hydrogens (tertiary/aromatic N) is 7. The summed E-state index contributed by atoms with van der Waals surface area (Å²) in [5, 5.41) is 0.910. The number of hydrogen-bond acceptors (Lipinski definition) is 8. The number of nitrogens with two attached hydrogens (primary N) is 1. The fourth-order valence-electron chi connectivity index (χ4n) is 4.94. The number of hydrogen-bond donors (Lipinski definition) is 1. The zero-order valence-corrected chi connectivity index (χ0v) is 21.5. The third-order valence-electron chi connectivity index (χ3n) is 6.71. The van der Waals surface area contributed by atoms with Gasteiger partial charge in [-0.25, -0.2) is 19.6 Å². The molecule has 1 aliphatic rings. The Morgan fingerprint density at radius 1 is 1.18 bits per heavy atom. The number of amides is 1. The minimum atomic E-state index is -0.835. The summed E-state index contributed by atoms with van der Waals surface area (Å²) in [4.78, 5) is 54.2. The van der Waals surface area contributed by atoms with Gasteiger partial charge in [0.25, 0.3) is 5.56 Å². The lowest BCUT2D eigenvalue weighted by molar-refractivity contribution is 0.0962. The van der Waals surface area contributed by atoms with Crippen molar-refractivity contribution in [1.82, 2.24) is 28.7 Å². The fourth-order valence-corrected chi connectivity index (χ4v) is 4.94. The number of aryl methyl sites for hydroxylation is 2. The zero-order chi connectivity index (χ0) is 27.0. The van der Waals surface area contributed by atoms with Crippen LogP contribution in [0.1, 0.15) is 31.3 Å². The van der Waals surface area contributed by atoms with E-state index in [2.05, 4.69) is 21.8 Å². The van der Waals surface area contributed by atoms with E-state index in [9.17, 15) is 14.4 Å². The van der Waals surface area contributed by atoms with Crippen molar-refractivity contribution in [2.24, 2.45) is 12.8 Å². The van der Waals surface area contributed by atoms with Crippen molar-refractivity contribution in [2.45, 2.75) is 45.9 Å². The molecule has 1 fully saturated rings. The van der Waals surface area contributed by atoms with Crippen LogP contribution >= 0.6 is 0 Å². The van der Waals surface area contributed by atoms with Crippen LogP contribution in [-0.2, 0) is 24.9 Å². The van der Waals surface area contributed by atoms with Gasteiger partial charge in [0.05, 0.1) is 25.2 Å². The van der Waals surface area contributed by atoms with Crippen LogP contribution in [0.4, 0.5) is 10.7 Å². The first kappa shape index (κ1) is 25.0. The molecule has 2 N–H and O–H groups in total. The van der Waals surface area contributed by atoms with E-state index in [0.29, 0.717) is 31.3 Å². The van der Waals surface area contributed by atoms with Crippen molar-refractivity contribution in [3.63, 3.8) is 0 Å². The molecule has 4 aromatic rings. The molecule has 38 heavy (non-hydrogen) atoms. The van der Waals surface area contributed by atoms with E-state index in [0.717, 1.165) is 27.6 Å². The van der Waals surface area contributed by atoms with Gasteiger partial charge in [0.1, 0.15) is 11.9 Å². The Bertz CT molecular complexity index is 1740. The van der Waals surface area contributed by atoms with Gasteiger partial charge in [-0.2, -0.15) is 4.98 Å². The van der Waals surface area contributed by atoms with E-state index in [-0.39, 0.29) is 24.3 Å². The van der Waals surface area contributed by atoms with E-state index < -0.39 is 23.4 Å². The van der Waals surface area contributed by atoms with Gasteiger partial charge in [0, 0.05) is 24.7 Å². The first-order valence-electron chi connectivity index (χ1n) is 12.3. The van der Waals surface area contributed by atoms with E-state index in [1.807, 2.05) is 36.1 Å². The van der Waals surface area contributed by atoms with Gasteiger partial charge in [-0.3, -0.25) is 18.5 Å². The largest absolute Gasteiger partial charge is 0.445 e. The Hall–Kier alpha value is -4.66. The molecule has 1 aromatic carbocycles. The third kappa shape index (κ3) is 4.47. The summed E-state index contributed by atoms with van der Waals surface area (Å²) in [5.41, 5.74) is 6.20. The number of anilines is 1. The second-order valence-electron chi connectivity index (χ2n) is 9.22. The molecule has 12 nitrogen and oxygen atoms in total. The van der Waals surface area contributed by atoms with Gasteiger partial charge < -0.3 is 15.4 Å². The minimum absolute atomic E-state index is 0.0919. The van der Waals surface area contributed by atoms with Gasteiger partial charge in [0.15, 0.2) is 11.2 Å². The highest BCUT2D eigenvalue weighted by Gasteiger charge is 2.28. The highest BCUT2D eigenvalue weighted by atomic mass is 16.6. The number of carbonyl (C=O) groups excluding carboxylic acids is 1. The van der Waals surface area contributed by atoms with Gasteiger partial charge in [-0.1, -0.05) is 24.1 Å². The molecule has 0 saturated carbocycles. The second kappa shape index (κ2) is 10.0. The van der Waals surface area contributed by atoms with E-state index in [1.54, 1.807) is 18.5 Å². The zero-order valence-electron chi connectivity index (χ0n) is 21.5. The smallest absolute Gasteiger partial charge is 0.404 e. The summed E-state index contributed by atoms with van der Waals surface area (Å²) >= 11 is 0. The summed E-state index contributed by atoms with van der Waals surface area (Å²) in [7, 11) is 1.58. The molecule has 0 bridgehead atoms. The molecule has 1 atom stereocenters. The highest BCUT2D eigenvalue weighted by molar-refractivity contribution is 5.80. The molecule has 1 unspecified atom stereocenters. The molecule has 0 radical (unpaired) electrons. The Balaban J connectivity index is 1.64. The van der Waals surface area contributed by atoms with Crippen molar-refractivity contribution >= 4 is 34.1 Å². The number of piperidine rings is 1. The molecule has 196 valence electrons. The fraction of sp³-hybridized carbons (Fsp3) is 0.385. The van der Waals surface area contributed by atoms with Crippen LogP contribution in [0, 0.1) is 18.8 Å². The van der Waals surface area contributed by atoms with Crippen LogP contribution in [0.3, 0.4) is 0 Å². The first-order valence-corrected chi connectivity index (χ1v) is 12.3. The Labute approximate surface area is 217 Å². The van der Waals surface area contributed by atoms with Crippen molar-refractivity contribution in [3.05, 3.63) is 56.6 Å². The Kier molecular flexibility index (Phi) is 6.59. The van der Waals surface area contributed by atoms with Crippen LogP contribution < -0.4 is 21.9 Å². The number of benzene rings is 1. The number of imidazole rings is 1. The molecular formula is C26H28N8O4. The summed E-state index contributed by atoms with van der Waals surface area (Å²) in [6, 6.07) is 7.59. The lowest BCUT2D eigenvalue weighted by Crippen LogP contribution is -2.42. The number of ether oxygens (including phenoxy) is 1. The standard InChI is InChI=1S/C26H28N8O4/c1-4-5-13-33-21-22(30-25(33)32-12-8-9-17(14-32)38-24(27)36)31(3)26(37)34(23(21)35)15-20-28-16(2)18-10-6-7-11-19(18)29-20/h6-7,10-11,17H,8-9,12-15H2,1-3H3,(H2,27,36). The molecule has 1 aliphatic heterocycles. The molecule has 1 amide bonds. The van der Waals surface area contributed by atoms with Gasteiger partial charge in [-0.05, 0) is 32.8 Å². The summed E-state index contributed by atoms with van der Waals surface area (Å²) in [5.74, 6) is 6.70. The second-order valence-corrected chi connectivity index (χ2v) is 9.22. The van der Waals surface area contributed by atoms with E-state index >= 15 is 0 Å². The monoisotopic (exact) mass is 516 g/mol. The molecule has 12 heteroatoms. The molecule has 3 aromatic heterocycles. The number of primary amides is 1. The van der Waals surface area contributed by atoms with Crippen molar-refractivity contribution in [3.8, 4) is 11.8 Å². The van der Waals surface area contributed by atoms with Crippen LogP contribution in [0.5, 0.6) is 0 Å². The van der Waals surface area contributed by atoms with Gasteiger partial charge >= 0.3 is 11.8 Å². The predicted octanol–water partition coefficient (Wildman–Crippen LogP) is 1.28. The van der Waals surface area contributed by atoms with Gasteiger partial charge in [-0.15, -0.1) is 5.92 Å². The number of carbonyl (C=O) groups is 1. The van der Waals surface area contributed by atoms with Crippen molar-refractivity contribution in [1.29, 1.82) is 0 Å². The third-order valence-corrected chi connectivity index (χ3v) is 6.71. The van der Waals surface area contributed by atoms with Crippen LogP contribution in [0.2, 0.25) is 0 Å². The lowest BCUT2D eigenvalue weighted by Gasteiger charge is -2.32. The highest BCUT2D eigenvalue weighted by Crippen LogP contribution is 2.24. The average molecular weight is 517 g/mol. The Morgan fingerprint density at radius 3 is 2.74 bits per heavy atom. The molecule has 5 rings (SSSR count). The van der Waals surface area contributed by atoms with Crippen LogP contribution in [0.25, 0.3) is 22.1 Å². The number of fused-ring (bicyclic) bond motifs is 2. The number of aromatic nitrogens is 6. The topological polar surface area (TPSA) is 143 Å². The molecule has 0 aliphatic carbocycles. The SMILES string of the molecule is CC#CCn1c(N2CCCC(OC(N)=O)C2)nc2c1c(=O)n(Cc1nc(C)c3ccccc3n1)c(=O)n2C. The summed E-state index contributed by atoms with van der Waals surface area (Å²) < 4.78 is 9.42. The van der Waals surface area contributed by atoms with Crippen molar-refractivity contribution in [2.75, 3.05) is 18.0 Å². The summed E-state index contributed by atoms with van der Waals surface area (Å²) in [6.45, 7) is 4.68. The summed E-state index contributed by atoms with van der Waals surface area (Å²) in [6.07, 6.45) is 0.173. The van der Waals surface area contributed by atoms with Crippen LogP contribution in [-0.4, -0.2) is 53.9 Å². The number of rotatable bonds is 5. The number of para-hydroxylation sites is 1. The maximum absolute atomic E-state index is 13.8. The minimum Gasteiger partial charge on any atom is -0.445 e. The predicted molar refractivity (Wildman–Crippen MR) is 142 cm³/mol. The maximum atomic E-state index is 13.8. The Morgan fingerprint density at radius 2 is 1.97 bits per heavy atom.